The van der Waals surface area contributed by atoms with Gasteiger partial charge in [-0.3, -0.25) is 9.59 Å². The third-order valence-electron chi connectivity index (χ3n) is 3.79. The predicted molar refractivity (Wildman–Crippen MR) is 78.1 cm³/mol. The first kappa shape index (κ1) is 14.4. The molecule has 0 spiro atoms. The van der Waals surface area contributed by atoms with Crippen LogP contribution in [-0.2, 0) is 15.0 Å². The number of benzene rings is 1. The number of hydrogen-bond donors (Lipinski definition) is 3. The lowest BCUT2D eigenvalue weighted by Crippen LogP contribution is -2.53. The first-order valence-corrected chi connectivity index (χ1v) is 6.86. The van der Waals surface area contributed by atoms with E-state index < -0.39 is 11.5 Å². The molecule has 2 amide bonds. The van der Waals surface area contributed by atoms with Crippen molar-refractivity contribution in [2.24, 2.45) is 0 Å². The number of rotatable bonds is 3. The van der Waals surface area contributed by atoms with E-state index in [0.29, 0.717) is 18.7 Å². The van der Waals surface area contributed by atoms with Crippen molar-refractivity contribution < 1.29 is 9.59 Å². The van der Waals surface area contributed by atoms with E-state index in [0.717, 1.165) is 12.0 Å². The summed E-state index contributed by atoms with van der Waals surface area (Å²) >= 11 is 0. The molecule has 1 saturated heterocycles. The Kier molecular flexibility index (Phi) is 3.97. The Labute approximate surface area is 118 Å². The van der Waals surface area contributed by atoms with Gasteiger partial charge < -0.3 is 16.4 Å². The average Bonchev–Trinajstić information content (AvgIpc) is 2.41. The summed E-state index contributed by atoms with van der Waals surface area (Å²) in [6.07, 6.45) is 1.58. The number of piperidine rings is 1. The zero-order valence-corrected chi connectivity index (χ0v) is 11.9. The molecule has 1 aromatic rings. The number of hydrogen-bond acceptors (Lipinski definition) is 3. The molecule has 108 valence electrons. The predicted octanol–water partition coefficient (Wildman–Crippen LogP) is 0.941. The zero-order valence-electron chi connectivity index (χ0n) is 11.9. The molecule has 1 atom stereocenters. The molecule has 4 N–H and O–H groups in total. The van der Waals surface area contributed by atoms with Crippen LogP contribution >= 0.6 is 0 Å². The molecule has 1 fully saturated rings. The number of nitrogen functional groups attached to an aromatic ring is 1. The average molecular weight is 275 g/mol. The van der Waals surface area contributed by atoms with Gasteiger partial charge in [-0.15, -0.1) is 0 Å². The highest BCUT2D eigenvalue weighted by molar-refractivity contribution is 5.92. The molecule has 5 nitrogen and oxygen atoms in total. The summed E-state index contributed by atoms with van der Waals surface area (Å²) in [6.45, 7) is 4.37. The SMILES string of the molecule is CC(C)(C(=O)NC1CCCNC1=O)c1ccc(N)cc1. The number of amides is 2. The van der Waals surface area contributed by atoms with Gasteiger partial charge in [-0.25, -0.2) is 0 Å². The highest BCUT2D eigenvalue weighted by Gasteiger charge is 2.33. The Morgan fingerprint density at radius 2 is 2.00 bits per heavy atom. The van der Waals surface area contributed by atoms with Crippen LogP contribution in [0.4, 0.5) is 5.69 Å². The van der Waals surface area contributed by atoms with Crippen LogP contribution in [0.15, 0.2) is 24.3 Å². The minimum absolute atomic E-state index is 0.0993. The molecular weight excluding hydrogens is 254 g/mol. The van der Waals surface area contributed by atoms with Crippen molar-refractivity contribution in [3.05, 3.63) is 29.8 Å². The van der Waals surface area contributed by atoms with Crippen molar-refractivity contribution in [2.75, 3.05) is 12.3 Å². The second kappa shape index (κ2) is 5.53. The number of nitrogens with one attached hydrogen (secondary N) is 2. The van der Waals surface area contributed by atoms with Gasteiger partial charge in [0.25, 0.3) is 0 Å². The first-order chi connectivity index (χ1) is 9.41. The molecule has 0 aromatic heterocycles. The minimum atomic E-state index is -0.703. The summed E-state index contributed by atoms with van der Waals surface area (Å²) in [7, 11) is 0. The van der Waals surface area contributed by atoms with Crippen molar-refractivity contribution in [2.45, 2.75) is 38.1 Å². The fourth-order valence-corrected chi connectivity index (χ4v) is 2.28. The second-order valence-corrected chi connectivity index (χ2v) is 5.71. The topological polar surface area (TPSA) is 84.2 Å². The first-order valence-electron chi connectivity index (χ1n) is 6.86. The van der Waals surface area contributed by atoms with Gasteiger partial charge in [0.05, 0.1) is 5.41 Å². The van der Waals surface area contributed by atoms with Crippen LogP contribution in [0.25, 0.3) is 0 Å². The fourth-order valence-electron chi connectivity index (χ4n) is 2.28. The molecule has 1 heterocycles. The lowest BCUT2D eigenvalue weighted by atomic mass is 9.83. The molecule has 2 rings (SSSR count). The van der Waals surface area contributed by atoms with E-state index in [9.17, 15) is 9.59 Å². The second-order valence-electron chi connectivity index (χ2n) is 5.71. The van der Waals surface area contributed by atoms with E-state index in [1.165, 1.54) is 0 Å². The molecule has 0 bridgehead atoms. The Hall–Kier alpha value is -2.04. The molecule has 0 aliphatic carbocycles. The van der Waals surface area contributed by atoms with Crippen molar-refractivity contribution in [1.82, 2.24) is 10.6 Å². The maximum absolute atomic E-state index is 12.4. The maximum atomic E-state index is 12.4. The van der Waals surface area contributed by atoms with E-state index in [2.05, 4.69) is 10.6 Å². The summed E-state index contributed by atoms with van der Waals surface area (Å²) in [5.74, 6) is -0.248. The maximum Gasteiger partial charge on any atom is 0.242 e. The summed E-state index contributed by atoms with van der Waals surface area (Å²) < 4.78 is 0. The van der Waals surface area contributed by atoms with Crippen LogP contribution in [0.2, 0.25) is 0 Å². The minimum Gasteiger partial charge on any atom is -0.399 e. The molecule has 1 unspecified atom stereocenters. The molecule has 1 aromatic carbocycles. The number of anilines is 1. The zero-order chi connectivity index (χ0) is 14.8. The molecule has 0 saturated carbocycles. The number of carbonyl (C=O) groups excluding carboxylic acids is 2. The third-order valence-corrected chi connectivity index (χ3v) is 3.79. The van der Waals surface area contributed by atoms with Gasteiger partial charge in [0.2, 0.25) is 11.8 Å². The quantitative estimate of drug-likeness (QED) is 0.718. The molecule has 20 heavy (non-hydrogen) atoms. The Balaban J connectivity index is 2.10. The summed E-state index contributed by atoms with van der Waals surface area (Å²) in [4.78, 5) is 24.1. The molecular formula is C15H21N3O2. The van der Waals surface area contributed by atoms with Crippen molar-refractivity contribution in [3.8, 4) is 0 Å². The Morgan fingerprint density at radius 3 is 2.60 bits per heavy atom. The highest BCUT2D eigenvalue weighted by atomic mass is 16.2. The van der Waals surface area contributed by atoms with Gasteiger partial charge >= 0.3 is 0 Å². The standard InChI is InChI=1S/C15H21N3O2/c1-15(2,10-5-7-11(16)8-6-10)14(20)18-12-4-3-9-17-13(12)19/h5-8,12H,3-4,9,16H2,1-2H3,(H,17,19)(H,18,20). The summed E-state index contributed by atoms with van der Waals surface area (Å²) in [6, 6.07) is 6.81. The van der Waals surface area contributed by atoms with E-state index in [1.807, 2.05) is 26.0 Å². The van der Waals surface area contributed by atoms with E-state index in [1.54, 1.807) is 12.1 Å². The molecule has 5 heteroatoms. The van der Waals surface area contributed by atoms with Gasteiger partial charge in [-0.2, -0.15) is 0 Å². The lowest BCUT2D eigenvalue weighted by molar-refractivity contribution is -0.132. The number of carbonyl (C=O) groups is 2. The van der Waals surface area contributed by atoms with Gasteiger partial charge in [0.1, 0.15) is 6.04 Å². The van der Waals surface area contributed by atoms with Gasteiger partial charge in [0, 0.05) is 12.2 Å². The van der Waals surface area contributed by atoms with Crippen molar-refractivity contribution in [1.29, 1.82) is 0 Å². The smallest absolute Gasteiger partial charge is 0.242 e. The van der Waals surface area contributed by atoms with Crippen LogP contribution in [-0.4, -0.2) is 24.4 Å². The Morgan fingerprint density at radius 1 is 1.35 bits per heavy atom. The van der Waals surface area contributed by atoms with Crippen LogP contribution in [0, 0.1) is 0 Å². The monoisotopic (exact) mass is 275 g/mol. The summed E-state index contributed by atoms with van der Waals surface area (Å²) in [5, 5.41) is 5.61. The van der Waals surface area contributed by atoms with E-state index in [4.69, 9.17) is 5.73 Å². The van der Waals surface area contributed by atoms with E-state index in [-0.39, 0.29) is 11.8 Å². The highest BCUT2D eigenvalue weighted by Crippen LogP contribution is 2.24. The third kappa shape index (κ3) is 2.92. The van der Waals surface area contributed by atoms with Crippen LogP contribution in [0.1, 0.15) is 32.3 Å². The largest absolute Gasteiger partial charge is 0.399 e. The van der Waals surface area contributed by atoms with E-state index >= 15 is 0 Å². The van der Waals surface area contributed by atoms with Crippen molar-refractivity contribution >= 4 is 17.5 Å². The molecule has 1 aliphatic heterocycles. The summed E-state index contributed by atoms with van der Waals surface area (Å²) in [5.41, 5.74) is 6.50. The molecule has 0 radical (unpaired) electrons. The fraction of sp³-hybridized carbons (Fsp3) is 0.467. The Bertz CT molecular complexity index is 508. The lowest BCUT2D eigenvalue weighted by Gasteiger charge is -2.29. The van der Waals surface area contributed by atoms with Crippen LogP contribution in [0.5, 0.6) is 0 Å². The van der Waals surface area contributed by atoms with Gasteiger partial charge in [-0.05, 0) is 44.4 Å². The van der Waals surface area contributed by atoms with Crippen LogP contribution in [0.3, 0.4) is 0 Å². The molecule has 1 aliphatic rings. The van der Waals surface area contributed by atoms with Gasteiger partial charge in [0.15, 0.2) is 0 Å². The number of nitrogens with two attached hydrogens (primary N) is 1. The van der Waals surface area contributed by atoms with Crippen LogP contribution < -0.4 is 16.4 Å². The van der Waals surface area contributed by atoms with Crippen molar-refractivity contribution in [3.63, 3.8) is 0 Å². The van der Waals surface area contributed by atoms with Gasteiger partial charge in [-0.1, -0.05) is 12.1 Å². The normalized spacial score (nSPS) is 19.3.